The molecule has 0 spiro atoms. The van der Waals surface area contributed by atoms with Gasteiger partial charge < -0.3 is 0 Å². The van der Waals surface area contributed by atoms with Crippen LogP contribution in [0.1, 0.15) is 20.8 Å². The van der Waals surface area contributed by atoms with Gasteiger partial charge in [0.05, 0.1) is 0 Å². The van der Waals surface area contributed by atoms with Crippen LogP contribution in [0, 0.1) is 5.92 Å². The second-order valence-corrected chi connectivity index (χ2v) is 2.89. The van der Waals surface area contributed by atoms with Crippen molar-refractivity contribution in [2.45, 2.75) is 20.8 Å². The molecule has 0 aliphatic heterocycles. The van der Waals surface area contributed by atoms with Crippen molar-refractivity contribution in [3.63, 3.8) is 0 Å². The summed E-state index contributed by atoms with van der Waals surface area (Å²) < 4.78 is 1.39. The Morgan fingerprint density at radius 2 is 2.00 bits per heavy atom. The minimum absolute atomic E-state index is 0.672. The zero-order chi connectivity index (χ0) is 6.57. The van der Waals surface area contributed by atoms with Gasteiger partial charge in [0.1, 0.15) is 0 Å². The predicted octanol–water partition coefficient (Wildman–Crippen LogP) is 1.94. The van der Waals surface area contributed by atoms with Gasteiger partial charge in [-0.1, -0.05) is 0 Å². The molecular formula is C7H12V. The van der Waals surface area contributed by atoms with Crippen molar-refractivity contribution < 1.29 is 17.0 Å². The SMILES string of the molecule is C/C=C\[C](=[V])C(C)C. The molecule has 0 aliphatic carbocycles. The standard InChI is InChI=1S/C7H12.V/c1-4-5-6-7(2)3;/h4-5,7H,1-3H3;/b5-4-;. The van der Waals surface area contributed by atoms with Gasteiger partial charge in [0, 0.05) is 0 Å². The van der Waals surface area contributed by atoms with E-state index in [-0.39, 0.29) is 0 Å². The monoisotopic (exact) mass is 147 g/mol. The summed E-state index contributed by atoms with van der Waals surface area (Å²) in [5.74, 6) is 0.672. The Morgan fingerprint density at radius 1 is 1.50 bits per heavy atom. The van der Waals surface area contributed by atoms with Gasteiger partial charge in [-0.25, -0.2) is 0 Å². The molecule has 0 radical (unpaired) electrons. The van der Waals surface area contributed by atoms with Crippen molar-refractivity contribution in [1.29, 1.82) is 0 Å². The molecule has 0 fully saturated rings. The maximum atomic E-state index is 2.58. The third-order valence-electron chi connectivity index (χ3n) is 0.929. The molecule has 0 unspecified atom stereocenters. The van der Waals surface area contributed by atoms with Crippen molar-refractivity contribution in [3.8, 4) is 0 Å². The molecule has 0 aromatic carbocycles. The van der Waals surface area contributed by atoms with Gasteiger partial charge in [-0.05, 0) is 0 Å². The first-order chi connectivity index (χ1) is 3.68. The van der Waals surface area contributed by atoms with Gasteiger partial charge in [0.2, 0.25) is 0 Å². The van der Waals surface area contributed by atoms with E-state index < -0.39 is 0 Å². The summed E-state index contributed by atoms with van der Waals surface area (Å²) in [6, 6.07) is 0. The molecule has 0 N–H and O–H groups in total. The molecule has 45 valence electrons. The molecule has 0 amide bonds. The van der Waals surface area contributed by atoms with Crippen molar-refractivity contribution >= 4 is 4.23 Å². The Hall–Kier alpha value is 0.194. The molecule has 0 atom stereocenters. The average Bonchev–Trinajstić information content (AvgIpc) is 1.67. The molecule has 8 heavy (non-hydrogen) atoms. The fourth-order valence-electron chi connectivity index (χ4n) is 0.363. The molecule has 1 heteroatoms. The van der Waals surface area contributed by atoms with Crippen LogP contribution in [-0.2, 0) is 17.0 Å². The number of hydrogen-bond acceptors (Lipinski definition) is 0. The second kappa shape index (κ2) is 4.11. The second-order valence-electron chi connectivity index (χ2n) is 2.08. The summed E-state index contributed by atoms with van der Waals surface area (Å²) in [6.07, 6.45) is 4.19. The van der Waals surface area contributed by atoms with Gasteiger partial charge in [0.15, 0.2) is 0 Å². The van der Waals surface area contributed by atoms with Gasteiger partial charge in [-0.3, -0.25) is 0 Å². The van der Waals surface area contributed by atoms with Crippen molar-refractivity contribution in [1.82, 2.24) is 0 Å². The van der Waals surface area contributed by atoms with E-state index in [4.69, 9.17) is 0 Å². The third kappa shape index (κ3) is 3.23. The van der Waals surface area contributed by atoms with E-state index in [1.54, 1.807) is 0 Å². The van der Waals surface area contributed by atoms with E-state index in [9.17, 15) is 0 Å². The summed E-state index contributed by atoms with van der Waals surface area (Å²) in [7, 11) is 0. The fraction of sp³-hybridized carbons (Fsp3) is 0.571. The van der Waals surface area contributed by atoms with E-state index >= 15 is 0 Å². The van der Waals surface area contributed by atoms with Gasteiger partial charge in [0.25, 0.3) is 0 Å². The third-order valence-corrected chi connectivity index (χ3v) is 1.97. The summed E-state index contributed by atoms with van der Waals surface area (Å²) in [4.78, 5) is 0. The first-order valence-electron chi connectivity index (χ1n) is 2.87. The van der Waals surface area contributed by atoms with Crippen molar-refractivity contribution in [2.75, 3.05) is 0 Å². The molecule has 0 aromatic rings. The molecule has 0 heterocycles. The van der Waals surface area contributed by atoms with Crippen LogP contribution in [0.15, 0.2) is 12.2 Å². The average molecular weight is 147 g/mol. The molecule has 0 aromatic heterocycles. The molecule has 0 saturated heterocycles. The summed E-state index contributed by atoms with van der Waals surface area (Å²) in [5, 5.41) is 0. The van der Waals surface area contributed by atoms with Crippen molar-refractivity contribution in [3.05, 3.63) is 12.2 Å². The van der Waals surface area contributed by atoms with Crippen LogP contribution in [0.3, 0.4) is 0 Å². The van der Waals surface area contributed by atoms with E-state index in [0.29, 0.717) is 5.92 Å². The van der Waals surface area contributed by atoms with Crippen LogP contribution < -0.4 is 0 Å². The van der Waals surface area contributed by atoms with E-state index in [2.05, 4.69) is 43.0 Å². The van der Waals surface area contributed by atoms with Gasteiger partial charge in [-0.2, -0.15) is 0 Å². The molecule has 0 nitrogen and oxygen atoms in total. The zero-order valence-electron chi connectivity index (χ0n) is 5.68. The van der Waals surface area contributed by atoms with E-state index in [0.717, 1.165) is 0 Å². The molecule has 0 rings (SSSR count). The van der Waals surface area contributed by atoms with Crippen LogP contribution in [-0.4, -0.2) is 4.23 Å². The van der Waals surface area contributed by atoms with E-state index in [1.807, 2.05) is 6.92 Å². The Morgan fingerprint density at radius 3 is 2.12 bits per heavy atom. The minimum atomic E-state index is 0.672. The Balaban J connectivity index is 3.66. The summed E-state index contributed by atoms with van der Waals surface area (Å²) >= 11 is 2.58. The van der Waals surface area contributed by atoms with Crippen molar-refractivity contribution in [2.24, 2.45) is 5.92 Å². The number of allylic oxidation sites excluding steroid dienone is 2. The zero-order valence-corrected chi connectivity index (χ0v) is 7.08. The topological polar surface area (TPSA) is 0 Å². The molecule has 0 saturated carbocycles. The Kier molecular flexibility index (Phi) is 4.21. The van der Waals surface area contributed by atoms with Gasteiger partial charge >= 0.3 is 60.0 Å². The molecular weight excluding hydrogens is 135 g/mol. The first kappa shape index (κ1) is 8.19. The van der Waals surface area contributed by atoms with Gasteiger partial charge in [-0.15, -0.1) is 0 Å². The molecule has 0 bridgehead atoms. The van der Waals surface area contributed by atoms with Crippen LogP contribution in [0.2, 0.25) is 0 Å². The summed E-state index contributed by atoms with van der Waals surface area (Å²) in [5.41, 5.74) is 0. The maximum absolute atomic E-state index is 2.58. The Bertz CT molecular complexity index is 101. The van der Waals surface area contributed by atoms with Crippen LogP contribution in [0.4, 0.5) is 0 Å². The van der Waals surface area contributed by atoms with Crippen LogP contribution in [0.5, 0.6) is 0 Å². The quantitative estimate of drug-likeness (QED) is 0.559. The summed E-state index contributed by atoms with van der Waals surface area (Å²) in [6.45, 7) is 6.41. The fourth-order valence-corrected chi connectivity index (χ4v) is 0.596. The normalized spacial score (nSPS) is 10.9. The predicted molar refractivity (Wildman–Crippen MR) is 34.7 cm³/mol. The van der Waals surface area contributed by atoms with E-state index in [1.165, 1.54) is 4.23 Å². The number of hydrogen-bond donors (Lipinski definition) is 0. The van der Waals surface area contributed by atoms with Crippen LogP contribution >= 0.6 is 0 Å². The number of rotatable bonds is 2. The first-order valence-corrected chi connectivity index (χ1v) is 3.56. The molecule has 0 aliphatic rings. The Labute approximate surface area is 60.5 Å². The van der Waals surface area contributed by atoms with Crippen LogP contribution in [0.25, 0.3) is 0 Å².